The van der Waals surface area contributed by atoms with Gasteiger partial charge in [-0.1, -0.05) is 36.4 Å². The maximum Gasteiger partial charge on any atom is 0.167 e. The van der Waals surface area contributed by atoms with Gasteiger partial charge in [0.1, 0.15) is 5.75 Å². The minimum absolute atomic E-state index is 0.131. The Morgan fingerprint density at radius 3 is 2.50 bits per heavy atom. The fraction of sp³-hybridized carbons (Fsp3) is 0.188. The molecule has 0 aliphatic rings. The van der Waals surface area contributed by atoms with Crippen molar-refractivity contribution >= 4 is 5.78 Å². The SMILES string of the molecule is COc1ccc(C)c(CC(=O)c2ccccc2)c1. The zero-order valence-corrected chi connectivity index (χ0v) is 10.6. The molecule has 2 aromatic carbocycles. The Morgan fingerprint density at radius 1 is 1.11 bits per heavy atom. The monoisotopic (exact) mass is 240 g/mol. The van der Waals surface area contributed by atoms with Gasteiger partial charge < -0.3 is 4.74 Å². The Kier molecular flexibility index (Phi) is 3.78. The van der Waals surface area contributed by atoms with Gasteiger partial charge in [-0.2, -0.15) is 0 Å². The molecule has 0 amide bonds. The first-order valence-electron chi connectivity index (χ1n) is 5.92. The summed E-state index contributed by atoms with van der Waals surface area (Å²) < 4.78 is 5.19. The Bertz CT molecular complexity index is 544. The molecule has 0 spiro atoms. The Balaban J connectivity index is 2.21. The van der Waals surface area contributed by atoms with E-state index in [9.17, 15) is 4.79 Å². The van der Waals surface area contributed by atoms with E-state index in [0.29, 0.717) is 6.42 Å². The van der Waals surface area contributed by atoms with E-state index in [1.54, 1.807) is 7.11 Å². The van der Waals surface area contributed by atoms with E-state index in [0.717, 1.165) is 22.4 Å². The van der Waals surface area contributed by atoms with Gasteiger partial charge in [0, 0.05) is 12.0 Å². The fourth-order valence-electron chi connectivity index (χ4n) is 1.86. The molecule has 2 nitrogen and oxygen atoms in total. The number of carbonyl (C=O) groups is 1. The molecule has 0 fully saturated rings. The van der Waals surface area contributed by atoms with Gasteiger partial charge in [-0.3, -0.25) is 4.79 Å². The zero-order chi connectivity index (χ0) is 13.0. The summed E-state index contributed by atoms with van der Waals surface area (Å²) in [7, 11) is 1.63. The lowest BCUT2D eigenvalue weighted by Crippen LogP contribution is -2.04. The van der Waals surface area contributed by atoms with Crippen LogP contribution >= 0.6 is 0 Å². The van der Waals surface area contributed by atoms with Crippen molar-refractivity contribution in [3.05, 3.63) is 65.2 Å². The smallest absolute Gasteiger partial charge is 0.167 e. The first kappa shape index (κ1) is 12.4. The maximum absolute atomic E-state index is 12.1. The summed E-state index contributed by atoms with van der Waals surface area (Å²) >= 11 is 0. The lowest BCUT2D eigenvalue weighted by Gasteiger charge is -2.08. The summed E-state index contributed by atoms with van der Waals surface area (Å²) in [5.41, 5.74) is 2.88. The zero-order valence-electron chi connectivity index (χ0n) is 10.6. The molecule has 0 saturated carbocycles. The predicted octanol–water partition coefficient (Wildman–Crippen LogP) is 3.43. The maximum atomic E-state index is 12.1. The van der Waals surface area contributed by atoms with Crippen LogP contribution in [0.3, 0.4) is 0 Å². The molecule has 0 heterocycles. The molecule has 92 valence electrons. The first-order valence-corrected chi connectivity index (χ1v) is 5.92. The molecule has 0 radical (unpaired) electrons. The molecular formula is C16H16O2. The van der Waals surface area contributed by atoms with Gasteiger partial charge in [-0.25, -0.2) is 0 Å². The van der Waals surface area contributed by atoms with Crippen molar-refractivity contribution in [3.8, 4) is 5.75 Å². The number of ether oxygens (including phenoxy) is 1. The molecule has 0 aromatic heterocycles. The topological polar surface area (TPSA) is 26.3 Å². The van der Waals surface area contributed by atoms with Crippen LogP contribution < -0.4 is 4.74 Å². The number of hydrogen-bond donors (Lipinski definition) is 0. The third kappa shape index (κ3) is 2.77. The van der Waals surface area contributed by atoms with Crippen molar-refractivity contribution in [3.63, 3.8) is 0 Å². The highest BCUT2D eigenvalue weighted by atomic mass is 16.5. The van der Waals surface area contributed by atoms with Crippen LogP contribution in [-0.2, 0) is 6.42 Å². The minimum Gasteiger partial charge on any atom is -0.497 e. The van der Waals surface area contributed by atoms with Crippen molar-refractivity contribution < 1.29 is 9.53 Å². The summed E-state index contributed by atoms with van der Waals surface area (Å²) in [6.07, 6.45) is 0.410. The average molecular weight is 240 g/mol. The largest absolute Gasteiger partial charge is 0.497 e. The Hall–Kier alpha value is -2.09. The Morgan fingerprint density at radius 2 is 1.83 bits per heavy atom. The molecule has 0 bridgehead atoms. The van der Waals surface area contributed by atoms with Crippen molar-refractivity contribution in [1.82, 2.24) is 0 Å². The van der Waals surface area contributed by atoms with E-state index in [-0.39, 0.29) is 5.78 Å². The molecule has 2 aromatic rings. The molecule has 0 aliphatic carbocycles. The van der Waals surface area contributed by atoms with Crippen LogP contribution in [0.15, 0.2) is 48.5 Å². The van der Waals surface area contributed by atoms with E-state index >= 15 is 0 Å². The second-order valence-corrected chi connectivity index (χ2v) is 4.26. The van der Waals surface area contributed by atoms with E-state index in [4.69, 9.17) is 4.74 Å². The van der Waals surface area contributed by atoms with Gasteiger partial charge in [-0.15, -0.1) is 0 Å². The predicted molar refractivity (Wildman–Crippen MR) is 72.2 cm³/mol. The molecule has 0 N–H and O–H groups in total. The lowest BCUT2D eigenvalue weighted by molar-refractivity contribution is 0.0992. The summed E-state index contributed by atoms with van der Waals surface area (Å²) in [5.74, 6) is 0.920. The third-order valence-corrected chi connectivity index (χ3v) is 3.00. The fourth-order valence-corrected chi connectivity index (χ4v) is 1.86. The minimum atomic E-state index is 0.131. The molecule has 0 unspecified atom stereocenters. The summed E-state index contributed by atoms with van der Waals surface area (Å²) in [6.45, 7) is 2.01. The quantitative estimate of drug-likeness (QED) is 0.765. The highest BCUT2D eigenvalue weighted by Gasteiger charge is 2.09. The normalized spacial score (nSPS) is 10.1. The summed E-state index contributed by atoms with van der Waals surface area (Å²) in [6, 6.07) is 15.2. The van der Waals surface area contributed by atoms with Gasteiger partial charge in [0.05, 0.1) is 7.11 Å². The van der Waals surface area contributed by atoms with Gasteiger partial charge in [0.25, 0.3) is 0 Å². The lowest BCUT2D eigenvalue weighted by atomic mass is 9.99. The van der Waals surface area contributed by atoms with E-state index in [2.05, 4.69) is 0 Å². The van der Waals surface area contributed by atoms with Crippen LogP contribution in [0, 0.1) is 6.92 Å². The second-order valence-electron chi connectivity index (χ2n) is 4.26. The highest BCUT2D eigenvalue weighted by molar-refractivity contribution is 5.97. The van der Waals surface area contributed by atoms with E-state index in [1.807, 2.05) is 55.5 Å². The molecule has 2 rings (SSSR count). The average Bonchev–Trinajstić information content (AvgIpc) is 2.42. The van der Waals surface area contributed by atoms with Crippen LogP contribution in [-0.4, -0.2) is 12.9 Å². The molecule has 2 heteroatoms. The number of methoxy groups -OCH3 is 1. The van der Waals surface area contributed by atoms with E-state index in [1.165, 1.54) is 0 Å². The summed E-state index contributed by atoms with van der Waals surface area (Å²) in [4.78, 5) is 12.1. The Labute approximate surface area is 107 Å². The van der Waals surface area contributed by atoms with Crippen LogP contribution in [0.25, 0.3) is 0 Å². The van der Waals surface area contributed by atoms with Crippen molar-refractivity contribution in [2.45, 2.75) is 13.3 Å². The number of aryl methyl sites for hydroxylation is 1. The molecular weight excluding hydrogens is 224 g/mol. The number of Topliss-reactive ketones (excluding diaryl/α,β-unsaturated/α-hetero) is 1. The van der Waals surface area contributed by atoms with Crippen molar-refractivity contribution in [2.24, 2.45) is 0 Å². The van der Waals surface area contributed by atoms with Crippen molar-refractivity contribution in [2.75, 3.05) is 7.11 Å². The second kappa shape index (κ2) is 5.50. The summed E-state index contributed by atoms with van der Waals surface area (Å²) in [5, 5.41) is 0. The molecule has 0 saturated heterocycles. The standard InChI is InChI=1S/C16H16O2/c1-12-8-9-15(18-2)10-14(12)11-16(17)13-6-4-3-5-7-13/h3-10H,11H2,1-2H3. The number of hydrogen-bond acceptors (Lipinski definition) is 2. The van der Waals surface area contributed by atoms with Crippen molar-refractivity contribution in [1.29, 1.82) is 0 Å². The van der Waals surface area contributed by atoms with Crippen LogP contribution in [0.5, 0.6) is 5.75 Å². The van der Waals surface area contributed by atoms with Gasteiger partial charge in [-0.05, 0) is 30.2 Å². The van der Waals surface area contributed by atoms with Gasteiger partial charge in [0.2, 0.25) is 0 Å². The van der Waals surface area contributed by atoms with Gasteiger partial charge >= 0.3 is 0 Å². The first-order chi connectivity index (χ1) is 8.70. The molecule has 18 heavy (non-hydrogen) atoms. The molecule has 0 aliphatic heterocycles. The van der Waals surface area contributed by atoms with Crippen LogP contribution in [0.2, 0.25) is 0 Å². The number of rotatable bonds is 4. The third-order valence-electron chi connectivity index (χ3n) is 3.00. The van der Waals surface area contributed by atoms with Crippen LogP contribution in [0.1, 0.15) is 21.5 Å². The number of carbonyl (C=O) groups excluding carboxylic acids is 1. The van der Waals surface area contributed by atoms with Gasteiger partial charge in [0.15, 0.2) is 5.78 Å². The number of ketones is 1. The number of benzene rings is 2. The molecule has 0 atom stereocenters. The highest BCUT2D eigenvalue weighted by Crippen LogP contribution is 2.18. The van der Waals surface area contributed by atoms with E-state index < -0.39 is 0 Å². The van der Waals surface area contributed by atoms with Crippen LogP contribution in [0.4, 0.5) is 0 Å².